The fourth-order valence-electron chi connectivity index (χ4n) is 4.43. The topological polar surface area (TPSA) is 62.2 Å². The smallest absolute Gasteiger partial charge is 0.226 e. The second-order valence-electron chi connectivity index (χ2n) is 8.27. The minimum Gasteiger partial charge on any atom is -0.352 e. The van der Waals surface area contributed by atoms with E-state index in [-0.39, 0.29) is 30.2 Å². The number of rotatable bonds is 7. The summed E-state index contributed by atoms with van der Waals surface area (Å²) < 4.78 is 16.0. The molecule has 6 nitrogen and oxygen atoms in total. The third-order valence-electron chi connectivity index (χ3n) is 6.00. The summed E-state index contributed by atoms with van der Waals surface area (Å²) in [6, 6.07) is 25.0. The molecule has 2 N–H and O–H groups in total. The molecule has 2 aromatic heterocycles. The fraction of sp³-hybridized carbons (Fsp3) is 0.148. The number of halogens is 1. The van der Waals surface area contributed by atoms with Gasteiger partial charge in [0, 0.05) is 42.4 Å². The van der Waals surface area contributed by atoms with Crippen LogP contribution in [0.1, 0.15) is 29.9 Å². The zero-order chi connectivity index (χ0) is 24.2. The monoisotopic (exact) mass is 485 g/mol. The van der Waals surface area contributed by atoms with Gasteiger partial charge in [-0.2, -0.15) is 0 Å². The third-order valence-corrected chi connectivity index (χ3v) is 6.36. The maximum absolute atomic E-state index is 14.0. The van der Waals surface area contributed by atoms with Crippen LogP contribution in [0.5, 0.6) is 0 Å². The number of benzene rings is 2. The number of hydrogen-bond acceptors (Lipinski definition) is 3. The lowest BCUT2D eigenvalue weighted by molar-refractivity contribution is -0.116. The van der Waals surface area contributed by atoms with E-state index in [9.17, 15) is 9.18 Å². The van der Waals surface area contributed by atoms with Crippen LogP contribution in [0.25, 0.3) is 5.69 Å². The van der Waals surface area contributed by atoms with E-state index in [2.05, 4.69) is 15.6 Å². The zero-order valence-electron chi connectivity index (χ0n) is 18.8. The van der Waals surface area contributed by atoms with Crippen molar-refractivity contribution in [2.24, 2.45) is 0 Å². The number of para-hydroxylation sites is 1. The first-order valence-electron chi connectivity index (χ1n) is 11.4. The van der Waals surface area contributed by atoms with Gasteiger partial charge in [-0.05, 0) is 66.8 Å². The summed E-state index contributed by atoms with van der Waals surface area (Å²) in [5, 5.41) is 6.87. The molecule has 8 heteroatoms. The van der Waals surface area contributed by atoms with Crippen LogP contribution in [-0.4, -0.2) is 32.0 Å². The van der Waals surface area contributed by atoms with Crippen molar-refractivity contribution >= 4 is 28.9 Å². The summed E-state index contributed by atoms with van der Waals surface area (Å²) in [5.41, 5.74) is 3.22. The molecule has 1 aliphatic rings. The van der Waals surface area contributed by atoms with Gasteiger partial charge in [0.05, 0.1) is 17.8 Å². The van der Waals surface area contributed by atoms with E-state index >= 15 is 0 Å². The lowest BCUT2D eigenvalue weighted by Crippen LogP contribution is -2.33. The van der Waals surface area contributed by atoms with E-state index in [4.69, 9.17) is 12.2 Å². The third kappa shape index (κ3) is 4.93. The predicted molar refractivity (Wildman–Crippen MR) is 138 cm³/mol. The number of amides is 1. The Kier molecular flexibility index (Phi) is 6.54. The van der Waals surface area contributed by atoms with Gasteiger partial charge in [-0.25, -0.2) is 4.39 Å². The summed E-state index contributed by atoms with van der Waals surface area (Å²) in [7, 11) is 0. The summed E-state index contributed by atoms with van der Waals surface area (Å²) in [6.07, 6.45) is 3.91. The molecule has 0 unspecified atom stereocenters. The van der Waals surface area contributed by atoms with Crippen molar-refractivity contribution in [1.82, 2.24) is 19.8 Å². The molecule has 0 aliphatic carbocycles. The Morgan fingerprint density at radius 1 is 1.03 bits per heavy atom. The first kappa shape index (κ1) is 22.7. The van der Waals surface area contributed by atoms with Crippen LogP contribution in [0.2, 0.25) is 0 Å². The van der Waals surface area contributed by atoms with Gasteiger partial charge in [-0.3, -0.25) is 9.78 Å². The van der Waals surface area contributed by atoms with Crippen LogP contribution in [0, 0.1) is 5.82 Å². The number of anilines is 1. The number of hydrogen-bond donors (Lipinski definition) is 2. The normalized spacial score (nSPS) is 17.3. The van der Waals surface area contributed by atoms with Gasteiger partial charge in [0.2, 0.25) is 5.91 Å². The molecule has 2 aromatic carbocycles. The first-order valence-corrected chi connectivity index (χ1v) is 11.8. The van der Waals surface area contributed by atoms with Gasteiger partial charge in [-0.1, -0.05) is 30.3 Å². The molecule has 0 bridgehead atoms. The Hall–Kier alpha value is -4.04. The molecule has 1 amide bonds. The van der Waals surface area contributed by atoms with Gasteiger partial charge < -0.3 is 20.1 Å². The lowest BCUT2D eigenvalue weighted by Gasteiger charge is -2.28. The average Bonchev–Trinajstić information content (AvgIpc) is 3.48. The number of carbonyl (C=O) groups excluding carboxylic acids is 1. The molecule has 35 heavy (non-hydrogen) atoms. The minimum absolute atomic E-state index is 0.0976. The van der Waals surface area contributed by atoms with E-state index in [1.165, 1.54) is 12.1 Å². The Balaban J connectivity index is 1.45. The van der Waals surface area contributed by atoms with Gasteiger partial charge >= 0.3 is 0 Å². The summed E-state index contributed by atoms with van der Waals surface area (Å²) >= 11 is 5.72. The van der Waals surface area contributed by atoms with Crippen molar-refractivity contribution in [3.05, 3.63) is 115 Å². The van der Waals surface area contributed by atoms with Crippen molar-refractivity contribution in [3.8, 4) is 5.69 Å². The van der Waals surface area contributed by atoms with Crippen LogP contribution < -0.4 is 10.6 Å². The van der Waals surface area contributed by atoms with E-state index in [0.29, 0.717) is 17.3 Å². The number of thiocarbonyl (C=S) groups is 1. The first-order chi connectivity index (χ1) is 17.1. The van der Waals surface area contributed by atoms with Gasteiger partial charge in [0.15, 0.2) is 5.11 Å². The number of nitrogens with one attached hydrogen (secondary N) is 2. The Bertz CT molecular complexity index is 1330. The van der Waals surface area contributed by atoms with Gasteiger partial charge in [-0.15, -0.1) is 0 Å². The van der Waals surface area contributed by atoms with Crippen molar-refractivity contribution < 1.29 is 9.18 Å². The molecule has 176 valence electrons. The van der Waals surface area contributed by atoms with Crippen molar-refractivity contribution in [1.29, 1.82) is 0 Å². The second-order valence-corrected chi connectivity index (χ2v) is 8.65. The largest absolute Gasteiger partial charge is 0.352 e. The Labute approximate surface area is 208 Å². The van der Waals surface area contributed by atoms with Crippen LogP contribution >= 0.6 is 12.2 Å². The van der Waals surface area contributed by atoms with Crippen LogP contribution in [0.15, 0.2) is 97.3 Å². The van der Waals surface area contributed by atoms with Gasteiger partial charge in [0.1, 0.15) is 5.82 Å². The summed E-state index contributed by atoms with van der Waals surface area (Å²) in [6.45, 7) is 0.410. The number of nitrogens with zero attached hydrogens (tertiary/aromatic N) is 3. The highest BCUT2D eigenvalue weighted by Gasteiger charge is 2.41. The van der Waals surface area contributed by atoms with Crippen LogP contribution in [-0.2, 0) is 4.79 Å². The molecule has 3 heterocycles. The molecular formula is C27H24FN5OS. The lowest BCUT2D eigenvalue weighted by atomic mass is 10.0. The van der Waals surface area contributed by atoms with E-state index in [1.54, 1.807) is 12.3 Å². The molecule has 0 saturated carbocycles. The molecule has 2 atom stereocenters. The number of carbonyl (C=O) groups is 1. The quantitative estimate of drug-likeness (QED) is 0.360. The maximum atomic E-state index is 14.0. The molecule has 4 aromatic rings. The SMILES string of the molecule is O=C(CCN1C(=S)N[C@@H](c2ccccn2)[C@@H]1c1cccn1-c1cccc(F)c1)Nc1ccccc1. The van der Waals surface area contributed by atoms with Gasteiger partial charge in [0.25, 0.3) is 0 Å². The Morgan fingerprint density at radius 3 is 2.63 bits per heavy atom. The Morgan fingerprint density at radius 2 is 1.86 bits per heavy atom. The summed E-state index contributed by atoms with van der Waals surface area (Å²) in [5.74, 6) is -0.405. The molecule has 1 aliphatic heterocycles. The molecule has 0 radical (unpaired) electrons. The number of aromatic nitrogens is 2. The molecule has 5 rings (SSSR count). The van der Waals surface area contributed by atoms with E-state index < -0.39 is 0 Å². The molecule has 1 fully saturated rings. The van der Waals surface area contributed by atoms with Crippen molar-refractivity contribution in [2.75, 3.05) is 11.9 Å². The maximum Gasteiger partial charge on any atom is 0.226 e. The van der Waals surface area contributed by atoms with Crippen LogP contribution in [0.3, 0.4) is 0 Å². The van der Waals surface area contributed by atoms with E-state index in [0.717, 1.165) is 17.1 Å². The zero-order valence-corrected chi connectivity index (χ0v) is 19.7. The standard InChI is InChI=1S/C27H24FN5OS/c28-19-8-6-11-21(18-19)32-16-7-13-23(32)26-25(22-12-4-5-15-29-22)31-27(35)33(26)17-14-24(34)30-20-9-2-1-3-10-20/h1-13,15-16,18,25-26H,14,17H2,(H,30,34)(H,31,35)/t25-,26-/m0/s1. The van der Waals surface area contributed by atoms with Crippen LogP contribution in [0.4, 0.5) is 10.1 Å². The minimum atomic E-state index is -0.307. The molecular weight excluding hydrogens is 461 g/mol. The second kappa shape index (κ2) is 10.1. The number of pyridine rings is 1. The molecule has 1 saturated heterocycles. The van der Waals surface area contributed by atoms with E-state index in [1.807, 2.05) is 82.4 Å². The highest BCUT2D eigenvalue weighted by atomic mass is 32.1. The fourth-order valence-corrected chi connectivity index (χ4v) is 4.76. The van der Waals surface area contributed by atoms with Crippen molar-refractivity contribution in [2.45, 2.75) is 18.5 Å². The highest BCUT2D eigenvalue weighted by molar-refractivity contribution is 7.80. The van der Waals surface area contributed by atoms with Crippen molar-refractivity contribution in [3.63, 3.8) is 0 Å². The average molecular weight is 486 g/mol. The molecule has 0 spiro atoms. The summed E-state index contributed by atoms with van der Waals surface area (Å²) in [4.78, 5) is 19.3. The predicted octanol–water partition coefficient (Wildman–Crippen LogP) is 5.01. The highest BCUT2D eigenvalue weighted by Crippen LogP contribution is 2.39.